The van der Waals surface area contributed by atoms with Crippen LogP contribution < -0.4 is 16.0 Å². The molecule has 23 heavy (non-hydrogen) atoms. The van der Waals surface area contributed by atoms with Crippen molar-refractivity contribution in [2.75, 3.05) is 0 Å². The first-order chi connectivity index (χ1) is 10.6. The summed E-state index contributed by atoms with van der Waals surface area (Å²) in [5, 5.41) is 15.7. The molecule has 0 radical (unpaired) electrons. The molecule has 0 aliphatic heterocycles. The lowest BCUT2D eigenvalue weighted by atomic mass is 10.0. The van der Waals surface area contributed by atoms with Gasteiger partial charge in [-0.3, -0.25) is 19.2 Å². The van der Waals surface area contributed by atoms with Gasteiger partial charge in [0.2, 0.25) is 17.7 Å². The van der Waals surface area contributed by atoms with Crippen molar-refractivity contribution in [2.24, 2.45) is 5.92 Å². The lowest BCUT2D eigenvalue weighted by molar-refractivity contribution is -0.139. The lowest BCUT2D eigenvalue weighted by Crippen LogP contribution is -2.55. The third-order valence-electron chi connectivity index (χ3n) is 2.95. The highest BCUT2D eigenvalue weighted by Crippen LogP contribution is 2.02. The van der Waals surface area contributed by atoms with Crippen molar-refractivity contribution < 1.29 is 29.1 Å². The largest absolute Gasteiger partial charge is 0.481 e. The summed E-state index contributed by atoms with van der Waals surface area (Å²) in [7, 11) is 0. The minimum absolute atomic E-state index is 0.191. The highest BCUT2D eigenvalue weighted by molar-refractivity contribution is 5.92. The molecule has 0 unspecified atom stereocenters. The topological polar surface area (TPSA) is 142 Å². The summed E-state index contributed by atoms with van der Waals surface area (Å²) in [4.78, 5) is 56.4. The summed E-state index contributed by atoms with van der Waals surface area (Å²) in [6, 6.07) is -2.96. The molecule has 0 fully saturated rings. The molecule has 9 heteroatoms. The second-order valence-corrected chi connectivity index (χ2v) is 5.50. The minimum Gasteiger partial charge on any atom is -0.481 e. The Morgan fingerprint density at radius 3 is 1.96 bits per heavy atom. The predicted octanol–water partition coefficient (Wildman–Crippen LogP) is -1.19. The summed E-state index contributed by atoms with van der Waals surface area (Å²) >= 11 is 0. The van der Waals surface area contributed by atoms with E-state index in [1.807, 2.05) is 0 Å². The van der Waals surface area contributed by atoms with Crippen LogP contribution in [-0.4, -0.2) is 53.2 Å². The Morgan fingerprint density at radius 1 is 1.00 bits per heavy atom. The van der Waals surface area contributed by atoms with Crippen molar-refractivity contribution in [1.82, 2.24) is 16.0 Å². The number of carbonyl (C=O) groups excluding carboxylic acids is 4. The maximum Gasteiger partial charge on any atom is 0.305 e. The molecule has 0 aliphatic rings. The fourth-order valence-electron chi connectivity index (χ4n) is 1.75. The molecule has 4 N–H and O–H groups in total. The Hall–Kier alpha value is -2.45. The molecule has 3 atom stereocenters. The molecule has 130 valence electrons. The summed E-state index contributed by atoms with van der Waals surface area (Å²) in [6.07, 6.45) is -0.231. The average molecular weight is 329 g/mol. The number of aliphatic carboxylic acids is 1. The quantitative estimate of drug-likeness (QED) is 0.392. The molecule has 0 rings (SSSR count). The Bertz CT molecular complexity index is 477. The highest BCUT2D eigenvalue weighted by Gasteiger charge is 2.27. The molecule has 0 aromatic heterocycles. The zero-order chi connectivity index (χ0) is 18.2. The first kappa shape index (κ1) is 20.6. The van der Waals surface area contributed by atoms with Crippen LogP contribution in [0.25, 0.3) is 0 Å². The monoisotopic (exact) mass is 329 g/mol. The predicted molar refractivity (Wildman–Crippen MR) is 80.3 cm³/mol. The van der Waals surface area contributed by atoms with E-state index in [4.69, 9.17) is 5.11 Å². The normalized spacial score (nSPS) is 14.3. The third kappa shape index (κ3) is 7.93. The van der Waals surface area contributed by atoms with Crippen LogP contribution in [0.3, 0.4) is 0 Å². The molecular weight excluding hydrogens is 306 g/mol. The number of carboxylic acid groups (broad SMARTS) is 1. The maximum absolute atomic E-state index is 12.1. The van der Waals surface area contributed by atoms with E-state index in [-0.39, 0.29) is 11.8 Å². The number of carbonyl (C=O) groups is 5. The molecule has 3 amide bonds. The molecule has 0 bridgehead atoms. The SMILES string of the molecule is CC(=O)N[C@H](C(=O)N[C@@H](C)C(=O)N[C@H](C=O)CC(=O)O)C(C)C. The highest BCUT2D eigenvalue weighted by atomic mass is 16.4. The minimum atomic E-state index is -1.23. The van der Waals surface area contributed by atoms with Gasteiger partial charge in [0.05, 0.1) is 12.5 Å². The second kappa shape index (κ2) is 9.54. The van der Waals surface area contributed by atoms with Gasteiger partial charge >= 0.3 is 5.97 Å². The molecule has 0 aromatic carbocycles. The average Bonchev–Trinajstić information content (AvgIpc) is 2.42. The fraction of sp³-hybridized carbons (Fsp3) is 0.643. The maximum atomic E-state index is 12.1. The van der Waals surface area contributed by atoms with Gasteiger partial charge in [-0.25, -0.2) is 0 Å². The molecule has 0 aromatic rings. The number of nitrogens with one attached hydrogen (secondary N) is 3. The van der Waals surface area contributed by atoms with Crippen LogP contribution in [-0.2, 0) is 24.0 Å². The Morgan fingerprint density at radius 2 is 1.57 bits per heavy atom. The van der Waals surface area contributed by atoms with Crippen molar-refractivity contribution in [1.29, 1.82) is 0 Å². The van der Waals surface area contributed by atoms with Crippen LogP contribution in [0.15, 0.2) is 0 Å². The summed E-state index contributed by atoms with van der Waals surface area (Å²) < 4.78 is 0. The van der Waals surface area contributed by atoms with Crippen LogP contribution in [0.4, 0.5) is 0 Å². The van der Waals surface area contributed by atoms with Crippen molar-refractivity contribution >= 4 is 30.0 Å². The van der Waals surface area contributed by atoms with E-state index in [2.05, 4.69) is 16.0 Å². The van der Waals surface area contributed by atoms with E-state index >= 15 is 0 Å². The van der Waals surface area contributed by atoms with Crippen LogP contribution in [0.1, 0.15) is 34.1 Å². The van der Waals surface area contributed by atoms with Gasteiger partial charge < -0.3 is 25.9 Å². The number of hydrogen-bond donors (Lipinski definition) is 4. The van der Waals surface area contributed by atoms with E-state index in [1.165, 1.54) is 13.8 Å². The van der Waals surface area contributed by atoms with Gasteiger partial charge in [-0.1, -0.05) is 13.8 Å². The van der Waals surface area contributed by atoms with E-state index in [0.717, 1.165) is 0 Å². The lowest BCUT2D eigenvalue weighted by Gasteiger charge is -2.23. The van der Waals surface area contributed by atoms with Gasteiger partial charge in [0.25, 0.3) is 0 Å². The molecule has 9 nitrogen and oxygen atoms in total. The Labute approximate surface area is 134 Å². The van der Waals surface area contributed by atoms with Crippen molar-refractivity contribution in [3.63, 3.8) is 0 Å². The van der Waals surface area contributed by atoms with Gasteiger partial charge in [-0.2, -0.15) is 0 Å². The number of carboxylic acids is 1. The van der Waals surface area contributed by atoms with Crippen molar-refractivity contribution in [3.8, 4) is 0 Å². The van der Waals surface area contributed by atoms with Crippen LogP contribution >= 0.6 is 0 Å². The van der Waals surface area contributed by atoms with E-state index in [0.29, 0.717) is 6.29 Å². The van der Waals surface area contributed by atoms with Crippen LogP contribution in [0, 0.1) is 5.92 Å². The number of aldehydes is 1. The first-order valence-electron chi connectivity index (χ1n) is 7.13. The van der Waals surface area contributed by atoms with Crippen LogP contribution in [0.2, 0.25) is 0 Å². The van der Waals surface area contributed by atoms with E-state index in [9.17, 15) is 24.0 Å². The van der Waals surface area contributed by atoms with Crippen molar-refractivity contribution in [2.45, 2.75) is 52.2 Å². The van der Waals surface area contributed by atoms with Gasteiger partial charge in [-0.05, 0) is 12.8 Å². The Balaban J connectivity index is 4.70. The Kier molecular flexibility index (Phi) is 8.53. The molecule has 0 saturated heterocycles. The molecular formula is C14H23N3O6. The summed E-state index contributed by atoms with van der Waals surface area (Å²) in [6.45, 7) is 6.14. The number of hydrogen-bond acceptors (Lipinski definition) is 5. The van der Waals surface area contributed by atoms with Gasteiger partial charge in [-0.15, -0.1) is 0 Å². The molecule has 0 heterocycles. The molecule has 0 spiro atoms. The number of rotatable bonds is 9. The zero-order valence-corrected chi connectivity index (χ0v) is 13.6. The van der Waals surface area contributed by atoms with Gasteiger partial charge in [0.1, 0.15) is 18.4 Å². The number of amides is 3. The third-order valence-corrected chi connectivity index (χ3v) is 2.95. The van der Waals surface area contributed by atoms with Crippen LogP contribution in [0.5, 0.6) is 0 Å². The zero-order valence-electron chi connectivity index (χ0n) is 13.6. The smallest absolute Gasteiger partial charge is 0.305 e. The standard InChI is InChI=1S/C14H23N3O6/c1-7(2)12(16-9(4)19)14(23)15-8(3)13(22)17-10(6-18)5-11(20)21/h6-8,10,12H,5H2,1-4H3,(H,15,23)(H,16,19)(H,17,22)(H,20,21)/t8-,10-,12-/m0/s1. The fourth-order valence-corrected chi connectivity index (χ4v) is 1.75. The second-order valence-electron chi connectivity index (χ2n) is 5.50. The van der Waals surface area contributed by atoms with Gasteiger partial charge in [0, 0.05) is 6.92 Å². The molecule has 0 saturated carbocycles. The van der Waals surface area contributed by atoms with E-state index < -0.39 is 42.3 Å². The summed E-state index contributed by atoms with van der Waals surface area (Å²) in [5.74, 6) is -3.03. The first-order valence-corrected chi connectivity index (χ1v) is 7.13. The van der Waals surface area contributed by atoms with Crippen molar-refractivity contribution in [3.05, 3.63) is 0 Å². The molecule has 0 aliphatic carbocycles. The summed E-state index contributed by atoms with van der Waals surface area (Å²) in [5.41, 5.74) is 0. The van der Waals surface area contributed by atoms with E-state index in [1.54, 1.807) is 13.8 Å². The van der Waals surface area contributed by atoms with Gasteiger partial charge in [0.15, 0.2) is 0 Å².